The quantitative estimate of drug-likeness (QED) is 0.0559. The minimum Gasteiger partial charge on any atom is -0.361 e. The van der Waals surface area contributed by atoms with Crippen molar-refractivity contribution in [3.05, 3.63) is 333 Å². The van der Waals surface area contributed by atoms with Crippen LogP contribution in [0.2, 0.25) is 0 Å². The molecule has 11 rings (SSSR count). The Morgan fingerprint density at radius 2 is 0.439 bits per heavy atom. The third-order valence-corrected chi connectivity index (χ3v) is 22.2. The molecule has 0 radical (unpaired) electrons. The SMILES string of the molecule is Cc1cc(C)cc(P(CC2C(COC(c3ccccc3)(c3ccccc3)c3ccccc3)C(COC(c3ccccc3)(c3ccccc3)c3ccccc3)C2CP(c2cc(C)cc(C)c2)c2cc(C)cc(C)c2)c2cc(C)cc(C)c2)c1. The van der Waals surface area contributed by atoms with E-state index in [0.717, 1.165) is 45.7 Å². The van der Waals surface area contributed by atoms with E-state index < -0.39 is 27.0 Å². The second-order valence-corrected chi connectivity index (χ2v) is 27.9. The number of benzene rings is 10. The number of hydrogen-bond acceptors (Lipinski definition) is 2. The van der Waals surface area contributed by atoms with Crippen LogP contribution in [0.3, 0.4) is 0 Å². The second kappa shape index (κ2) is 25.2. The highest BCUT2D eigenvalue weighted by Crippen LogP contribution is 2.58. The van der Waals surface area contributed by atoms with Crippen LogP contribution in [-0.2, 0) is 20.7 Å². The predicted octanol–water partition coefficient (Wildman–Crippen LogP) is 17.2. The lowest BCUT2D eigenvalue weighted by atomic mass is 9.58. The molecule has 0 aliphatic heterocycles. The first-order valence-corrected chi connectivity index (χ1v) is 32.4. The minimum absolute atomic E-state index is 0.109. The van der Waals surface area contributed by atoms with E-state index in [1.165, 1.54) is 65.7 Å². The fourth-order valence-corrected chi connectivity index (χ4v) is 19.9. The molecule has 1 aliphatic carbocycles. The third-order valence-electron chi connectivity index (χ3n) is 17.1. The first-order chi connectivity index (χ1) is 39.9. The zero-order chi connectivity index (χ0) is 56.8. The molecule has 0 aromatic heterocycles. The molecule has 4 unspecified atom stereocenters. The Kier molecular flexibility index (Phi) is 17.5. The van der Waals surface area contributed by atoms with Crippen molar-refractivity contribution < 1.29 is 9.47 Å². The highest BCUT2D eigenvalue weighted by molar-refractivity contribution is 7.73. The number of aryl methyl sites for hydroxylation is 8. The standard InChI is InChI=1S/C78H78O2P2/c1-55-39-56(2)44-69(43-55)81(70-45-57(3)40-58(4)46-70)53-75-73(51-79-77(63-27-15-9-16-28-63,64-29-17-10-18-30-64)65-31-19-11-20-32-65)74(76(75)54-82(71-47-59(5)41-60(6)48-71)72-49-61(7)42-62(8)50-72)52-80-78(66-33-21-12-22-34-66,67-35-23-13-24-36-67)68-37-25-14-26-38-68/h9-50,73-76H,51-54H2,1-8H3. The summed E-state index contributed by atoms with van der Waals surface area (Å²) in [4.78, 5) is 0. The smallest absolute Gasteiger partial charge is 0.143 e. The zero-order valence-corrected chi connectivity index (χ0v) is 50.9. The Labute approximate surface area is 492 Å². The molecule has 0 bridgehead atoms. The van der Waals surface area contributed by atoms with Crippen molar-refractivity contribution in [2.24, 2.45) is 23.7 Å². The molecule has 0 heterocycles. The van der Waals surface area contributed by atoms with Gasteiger partial charge in [-0.2, -0.15) is 0 Å². The molecule has 1 saturated carbocycles. The Hall–Kier alpha value is -7.02. The molecular formula is C78H78O2P2. The lowest BCUT2D eigenvalue weighted by Gasteiger charge is -2.56. The van der Waals surface area contributed by atoms with Gasteiger partial charge in [0.05, 0.1) is 13.2 Å². The largest absolute Gasteiger partial charge is 0.361 e. The van der Waals surface area contributed by atoms with Crippen molar-refractivity contribution in [3.63, 3.8) is 0 Å². The molecule has 82 heavy (non-hydrogen) atoms. The van der Waals surface area contributed by atoms with Gasteiger partial charge >= 0.3 is 0 Å². The van der Waals surface area contributed by atoms with E-state index in [4.69, 9.17) is 9.47 Å². The molecule has 0 N–H and O–H groups in total. The molecule has 0 amide bonds. The van der Waals surface area contributed by atoms with Gasteiger partial charge in [0, 0.05) is 0 Å². The van der Waals surface area contributed by atoms with Crippen molar-refractivity contribution in [3.8, 4) is 0 Å². The Morgan fingerprint density at radius 3 is 0.622 bits per heavy atom. The summed E-state index contributed by atoms with van der Waals surface area (Å²) in [6.07, 6.45) is 2.05. The zero-order valence-electron chi connectivity index (χ0n) is 49.1. The van der Waals surface area contributed by atoms with Gasteiger partial charge in [-0.3, -0.25) is 0 Å². The Morgan fingerprint density at radius 1 is 0.256 bits per heavy atom. The summed E-state index contributed by atoms with van der Waals surface area (Å²) in [6.45, 7) is 19.3. The van der Waals surface area contributed by atoms with Gasteiger partial charge in [-0.15, -0.1) is 0 Å². The normalized spacial score (nSPS) is 16.3. The van der Waals surface area contributed by atoms with Crippen LogP contribution < -0.4 is 21.2 Å². The van der Waals surface area contributed by atoms with Gasteiger partial charge in [0.25, 0.3) is 0 Å². The van der Waals surface area contributed by atoms with E-state index in [2.05, 4.69) is 310 Å². The molecule has 1 aliphatic rings. The van der Waals surface area contributed by atoms with Crippen LogP contribution in [-0.4, -0.2) is 25.5 Å². The molecule has 4 heteroatoms. The van der Waals surface area contributed by atoms with E-state index in [-0.39, 0.29) is 23.7 Å². The first kappa shape index (κ1) is 56.8. The van der Waals surface area contributed by atoms with Crippen molar-refractivity contribution >= 4 is 37.1 Å². The molecule has 10 aromatic rings. The van der Waals surface area contributed by atoms with Crippen molar-refractivity contribution in [2.75, 3.05) is 25.5 Å². The number of ether oxygens (including phenoxy) is 2. The molecule has 4 atom stereocenters. The maximum atomic E-state index is 8.15. The monoisotopic (exact) mass is 1110 g/mol. The summed E-state index contributed by atoms with van der Waals surface area (Å²) in [5.41, 5.74) is 15.4. The average Bonchev–Trinajstić information content (AvgIpc) is 2.79. The van der Waals surface area contributed by atoms with Crippen molar-refractivity contribution in [1.82, 2.24) is 0 Å². The number of hydrogen-bond donors (Lipinski definition) is 0. The van der Waals surface area contributed by atoms with Gasteiger partial charge in [0.2, 0.25) is 0 Å². The summed E-state index contributed by atoms with van der Waals surface area (Å²) in [6, 6.07) is 95.1. The van der Waals surface area contributed by atoms with Gasteiger partial charge in [-0.1, -0.05) is 299 Å². The summed E-state index contributed by atoms with van der Waals surface area (Å²) >= 11 is 0. The maximum absolute atomic E-state index is 8.15. The van der Waals surface area contributed by atoms with Crippen LogP contribution in [0.25, 0.3) is 0 Å². The van der Waals surface area contributed by atoms with Crippen molar-refractivity contribution in [2.45, 2.75) is 66.6 Å². The molecule has 10 aromatic carbocycles. The maximum Gasteiger partial charge on any atom is 0.143 e. The lowest BCUT2D eigenvalue weighted by molar-refractivity contribution is -0.132. The van der Waals surface area contributed by atoms with E-state index >= 15 is 0 Å². The Bertz CT molecular complexity index is 3090. The molecule has 412 valence electrons. The summed E-state index contributed by atoms with van der Waals surface area (Å²) in [5.74, 6) is 0.751. The summed E-state index contributed by atoms with van der Waals surface area (Å²) in [7, 11) is -1.67. The Balaban J connectivity index is 1.14. The van der Waals surface area contributed by atoms with E-state index in [1.807, 2.05) is 0 Å². The molecule has 0 saturated heterocycles. The molecule has 0 spiro atoms. The third kappa shape index (κ3) is 12.1. The van der Waals surface area contributed by atoms with Crippen LogP contribution in [0.1, 0.15) is 77.9 Å². The first-order valence-electron chi connectivity index (χ1n) is 29.4. The lowest BCUT2D eigenvalue weighted by Crippen LogP contribution is -2.56. The highest BCUT2D eigenvalue weighted by atomic mass is 31.1. The molecule has 2 nitrogen and oxygen atoms in total. The van der Waals surface area contributed by atoms with Gasteiger partial charge in [-0.05, 0) is 162 Å². The molecule has 1 fully saturated rings. The van der Waals surface area contributed by atoms with E-state index in [1.54, 1.807) is 0 Å². The minimum atomic E-state index is -0.899. The highest BCUT2D eigenvalue weighted by Gasteiger charge is 2.54. The van der Waals surface area contributed by atoms with Crippen LogP contribution in [0, 0.1) is 79.1 Å². The van der Waals surface area contributed by atoms with Gasteiger partial charge in [-0.25, -0.2) is 0 Å². The average molecular weight is 1110 g/mol. The summed E-state index contributed by atoms with van der Waals surface area (Å²) < 4.78 is 16.3. The summed E-state index contributed by atoms with van der Waals surface area (Å²) in [5, 5.41) is 5.80. The van der Waals surface area contributed by atoms with Crippen LogP contribution in [0.4, 0.5) is 0 Å². The van der Waals surface area contributed by atoms with Crippen LogP contribution in [0.5, 0.6) is 0 Å². The van der Waals surface area contributed by atoms with Gasteiger partial charge in [0.1, 0.15) is 11.2 Å². The van der Waals surface area contributed by atoms with Crippen molar-refractivity contribution in [1.29, 1.82) is 0 Å². The number of rotatable bonds is 20. The molecular weight excluding hydrogens is 1030 g/mol. The fourth-order valence-electron chi connectivity index (χ4n) is 13.7. The van der Waals surface area contributed by atoms with Crippen LogP contribution in [0.15, 0.2) is 255 Å². The fraction of sp³-hybridized carbons (Fsp3) is 0.231. The van der Waals surface area contributed by atoms with E-state index in [9.17, 15) is 0 Å². The second-order valence-electron chi connectivity index (χ2n) is 23.4. The predicted molar refractivity (Wildman–Crippen MR) is 350 cm³/mol. The van der Waals surface area contributed by atoms with Gasteiger partial charge in [0.15, 0.2) is 0 Å². The van der Waals surface area contributed by atoms with Crippen LogP contribution >= 0.6 is 15.8 Å². The van der Waals surface area contributed by atoms with E-state index in [0.29, 0.717) is 13.2 Å². The topological polar surface area (TPSA) is 18.5 Å². The van der Waals surface area contributed by atoms with Gasteiger partial charge < -0.3 is 9.47 Å².